The number of likely N-dealkylation sites (N-methyl/N-ethyl adjacent to an activating group) is 1. The van der Waals surface area contributed by atoms with Crippen LogP contribution in [0.3, 0.4) is 0 Å². The number of benzene rings is 1. The summed E-state index contributed by atoms with van der Waals surface area (Å²) in [7, 11) is 1.67. The van der Waals surface area contributed by atoms with Crippen LogP contribution in [0.1, 0.15) is 96.2 Å². The van der Waals surface area contributed by atoms with Crippen molar-refractivity contribution in [1.29, 1.82) is 0 Å². The van der Waals surface area contributed by atoms with Crippen LogP contribution in [-0.2, 0) is 35.2 Å². The molecule has 1 aromatic carbocycles. The van der Waals surface area contributed by atoms with Crippen LogP contribution in [0.2, 0.25) is 0 Å². The molecule has 2 aliphatic carbocycles. The Labute approximate surface area is 301 Å². The maximum absolute atomic E-state index is 14.4. The van der Waals surface area contributed by atoms with Gasteiger partial charge in [0.25, 0.3) is 0 Å². The highest BCUT2D eigenvalue weighted by Gasteiger charge is 2.47. The summed E-state index contributed by atoms with van der Waals surface area (Å²) in [5.41, 5.74) is 1.61. The Morgan fingerprint density at radius 2 is 1.55 bits per heavy atom. The first-order chi connectivity index (χ1) is 24.3. The second kappa shape index (κ2) is 16.7. The number of aryl methyl sites for hydroxylation is 1. The van der Waals surface area contributed by atoms with E-state index in [0.29, 0.717) is 25.8 Å². The van der Waals surface area contributed by atoms with Crippen molar-refractivity contribution < 1.29 is 28.8 Å². The Kier molecular flexibility index (Phi) is 12.5. The first-order valence-corrected chi connectivity index (χ1v) is 18.8. The van der Waals surface area contributed by atoms with Crippen molar-refractivity contribution in [2.75, 3.05) is 20.1 Å². The van der Waals surface area contributed by atoms with Crippen LogP contribution >= 0.6 is 0 Å². The predicted octanol–water partition coefficient (Wildman–Crippen LogP) is 1.26. The van der Waals surface area contributed by atoms with Gasteiger partial charge >= 0.3 is 0 Å². The Hall–Kier alpha value is -3.84. The van der Waals surface area contributed by atoms with E-state index in [9.17, 15) is 28.8 Å². The van der Waals surface area contributed by atoms with Gasteiger partial charge in [0.2, 0.25) is 29.5 Å². The average Bonchev–Trinajstić information content (AvgIpc) is 3.76. The minimum atomic E-state index is -0.920. The van der Waals surface area contributed by atoms with E-state index in [1.807, 2.05) is 39.0 Å². The van der Waals surface area contributed by atoms with Gasteiger partial charge in [-0.3, -0.25) is 24.0 Å². The van der Waals surface area contributed by atoms with Gasteiger partial charge in [-0.05, 0) is 75.5 Å². The van der Waals surface area contributed by atoms with Gasteiger partial charge in [0.05, 0.1) is 18.1 Å². The van der Waals surface area contributed by atoms with Crippen molar-refractivity contribution >= 4 is 35.8 Å². The number of hydrogen-bond acceptors (Lipinski definition) is 8. The van der Waals surface area contributed by atoms with Crippen molar-refractivity contribution in [1.82, 2.24) is 36.8 Å². The third kappa shape index (κ3) is 9.15. The number of likely N-dealkylation sites (tertiary alicyclic amines) is 1. The Morgan fingerprint density at radius 3 is 2.18 bits per heavy atom. The molecule has 4 unspecified atom stereocenters. The topological polar surface area (TPSA) is 178 Å². The van der Waals surface area contributed by atoms with E-state index in [0.717, 1.165) is 44.0 Å². The number of nitrogens with one attached hydrogen (secondary N) is 6. The molecule has 4 aliphatic rings. The maximum atomic E-state index is 14.4. The van der Waals surface area contributed by atoms with Gasteiger partial charge in [-0.25, -0.2) is 0 Å². The predicted molar refractivity (Wildman–Crippen MR) is 192 cm³/mol. The zero-order chi connectivity index (χ0) is 36.9. The van der Waals surface area contributed by atoms with Crippen molar-refractivity contribution in [2.45, 2.75) is 128 Å². The SMILES string of the molecule is CN[C@@H](C)C(=O)NC(C(=O)N1C[C@@H](NC(=O)C2CCCCC2C(=O)N[C@@H]2CN[C@H](C=O)C2)CC1C(=O)N[C@@H]1CCCc2ccccc21)C(C)(C)C. The summed E-state index contributed by atoms with van der Waals surface area (Å²) in [4.78, 5) is 81.7. The lowest BCUT2D eigenvalue weighted by atomic mass is 9.78. The van der Waals surface area contributed by atoms with Crippen LogP contribution in [0.5, 0.6) is 0 Å². The van der Waals surface area contributed by atoms with Gasteiger partial charge in [-0.15, -0.1) is 0 Å². The monoisotopic (exact) mass is 707 g/mol. The highest BCUT2D eigenvalue weighted by molar-refractivity contribution is 5.94. The van der Waals surface area contributed by atoms with Crippen LogP contribution in [-0.4, -0.2) is 97.1 Å². The van der Waals surface area contributed by atoms with Gasteiger partial charge < -0.3 is 41.6 Å². The maximum Gasteiger partial charge on any atom is 0.246 e. The van der Waals surface area contributed by atoms with Gasteiger partial charge in [0, 0.05) is 37.0 Å². The van der Waals surface area contributed by atoms with Gasteiger partial charge in [0.1, 0.15) is 18.4 Å². The van der Waals surface area contributed by atoms with Crippen molar-refractivity contribution in [3.05, 3.63) is 35.4 Å². The van der Waals surface area contributed by atoms with Gasteiger partial charge in [0.15, 0.2) is 0 Å². The standard InChI is InChI=1S/C38H57N7O6/c1-22(39-5)33(47)44-32(38(2,3)4)37(51)45-20-25(18-31(45)36(50)43-30-16-10-12-23-11-6-7-13-27(23)30)42-35(49)29-15-9-8-14-28(29)34(48)41-24-17-26(21-46)40-19-24/h6-7,11,13,21-22,24-26,28-32,39-40H,8-10,12,14-20H2,1-5H3,(H,41,48)(H,42,49)(H,43,50)(H,44,47)/t22-,24-,25-,26-,28?,29?,30+,31?,32?/m0/s1. The number of amides is 5. The summed E-state index contributed by atoms with van der Waals surface area (Å²) in [6.45, 7) is 7.93. The van der Waals surface area contributed by atoms with Crippen LogP contribution in [0.25, 0.3) is 0 Å². The lowest BCUT2D eigenvalue weighted by molar-refractivity contribution is -0.144. The van der Waals surface area contributed by atoms with E-state index in [1.54, 1.807) is 14.0 Å². The number of carbonyl (C=O) groups excluding carboxylic acids is 6. The molecule has 3 fully saturated rings. The zero-order valence-electron chi connectivity index (χ0n) is 30.8. The minimum absolute atomic E-state index is 0.0956. The lowest BCUT2D eigenvalue weighted by Crippen LogP contribution is -2.59. The van der Waals surface area contributed by atoms with Crippen LogP contribution in [0.15, 0.2) is 24.3 Å². The summed E-state index contributed by atoms with van der Waals surface area (Å²) in [6, 6.07) is 4.59. The van der Waals surface area contributed by atoms with Gasteiger partial charge in [-0.2, -0.15) is 0 Å². The Balaban J connectivity index is 1.34. The third-order valence-corrected chi connectivity index (χ3v) is 11.3. The molecule has 1 aromatic rings. The summed E-state index contributed by atoms with van der Waals surface area (Å²) in [6.07, 6.45) is 7.04. The number of carbonyl (C=O) groups is 6. The van der Waals surface area contributed by atoms with E-state index in [2.05, 4.69) is 38.0 Å². The minimum Gasteiger partial charge on any atom is -0.352 e. The first kappa shape index (κ1) is 38.4. The van der Waals surface area contributed by atoms with E-state index in [1.165, 1.54) is 10.5 Å². The Morgan fingerprint density at radius 1 is 0.882 bits per heavy atom. The molecule has 0 spiro atoms. The summed E-state index contributed by atoms with van der Waals surface area (Å²) < 4.78 is 0. The highest BCUT2D eigenvalue weighted by atomic mass is 16.2. The van der Waals surface area contributed by atoms with E-state index >= 15 is 0 Å². The third-order valence-electron chi connectivity index (χ3n) is 11.3. The molecule has 5 amide bonds. The molecule has 2 aliphatic heterocycles. The second-order valence-corrected chi connectivity index (χ2v) is 16.0. The largest absolute Gasteiger partial charge is 0.352 e. The second-order valence-electron chi connectivity index (χ2n) is 16.0. The molecule has 5 rings (SSSR count). The molecule has 0 aromatic heterocycles. The average molecular weight is 708 g/mol. The van der Waals surface area contributed by atoms with Crippen LogP contribution in [0.4, 0.5) is 0 Å². The molecule has 2 saturated heterocycles. The molecule has 13 nitrogen and oxygen atoms in total. The number of fused-ring (bicyclic) bond motifs is 1. The molecule has 9 atom stereocenters. The zero-order valence-corrected chi connectivity index (χ0v) is 30.8. The summed E-state index contributed by atoms with van der Waals surface area (Å²) in [5, 5.41) is 18.3. The highest BCUT2D eigenvalue weighted by Crippen LogP contribution is 2.33. The van der Waals surface area contributed by atoms with Crippen molar-refractivity contribution in [3.8, 4) is 0 Å². The lowest BCUT2D eigenvalue weighted by Gasteiger charge is -2.36. The molecule has 1 saturated carbocycles. The number of aldehydes is 1. The molecule has 6 N–H and O–H groups in total. The summed E-state index contributed by atoms with van der Waals surface area (Å²) >= 11 is 0. The number of nitrogens with zero attached hydrogens (tertiary/aromatic N) is 1. The number of hydrogen-bond donors (Lipinski definition) is 6. The fourth-order valence-corrected chi connectivity index (χ4v) is 8.17. The van der Waals surface area contributed by atoms with Gasteiger partial charge in [-0.1, -0.05) is 57.9 Å². The molecule has 2 heterocycles. The fourth-order valence-electron chi connectivity index (χ4n) is 8.17. The molecule has 13 heteroatoms. The van der Waals surface area contributed by atoms with E-state index in [-0.39, 0.29) is 60.6 Å². The van der Waals surface area contributed by atoms with Crippen LogP contribution < -0.4 is 31.9 Å². The number of rotatable bonds is 11. The fraction of sp³-hybridized carbons (Fsp3) is 0.684. The molecule has 51 heavy (non-hydrogen) atoms. The molecular weight excluding hydrogens is 650 g/mol. The first-order valence-electron chi connectivity index (χ1n) is 18.8. The van der Waals surface area contributed by atoms with E-state index in [4.69, 9.17) is 0 Å². The molecular formula is C38H57N7O6. The van der Waals surface area contributed by atoms with Crippen molar-refractivity contribution in [2.24, 2.45) is 17.3 Å². The normalized spacial score (nSPS) is 28.9. The quantitative estimate of drug-likeness (QED) is 0.186. The van der Waals surface area contributed by atoms with Crippen LogP contribution in [0, 0.1) is 17.3 Å². The molecule has 280 valence electrons. The Bertz CT molecular complexity index is 1460. The molecule has 0 bridgehead atoms. The van der Waals surface area contributed by atoms with E-state index < -0.39 is 41.4 Å². The smallest absolute Gasteiger partial charge is 0.246 e. The molecule has 0 radical (unpaired) electrons. The van der Waals surface area contributed by atoms with Crippen molar-refractivity contribution in [3.63, 3.8) is 0 Å². The summed E-state index contributed by atoms with van der Waals surface area (Å²) in [5.74, 6) is -2.49.